The predicted molar refractivity (Wildman–Crippen MR) is 103 cm³/mol. The monoisotopic (exact) mass is 345 g/mol. The first kappa shape index (κ1) is 17.0. The third-order valence-corrected chi connectivity index (χ3v) is 5.30. The van der Waals surface area contributed by atoms with Gasteiger partial charge in [-0.05, 0) is 44.7 Å². The van der Waals surface area contributed by atoms with E-state index in [1.807, 2.05) is 0 Å². The Balaban J connectivity index is 1.75. The van der Waals surface area contributed by atoms with E-state index in [0.717, 1.165) is 61.0 Å². The minimum absolute atomic E-state index is 0.775. The molecule has 0 radical (unpaired) electrons. The molecule has 1 aromatic carbocycles. The quantitative estimate of drug-likeness (QED) is 0.852. The van der Waals surface area contributed by atoms with Gasteiger partial charge in [-0.15, -0.1) is 0 Å². The van der Waals surface area contributed by atoms with Crippen molar-refractivity contribution in [2.45, 2.75) is 13.8 Å². The summed E-state index contributed by atoms with van der Waals surface area (Å²) in [4.78, 5) is 7.08. The highest BCUT2D eigenvalue weighted by Crippen LogP contribution is 2.26. The molecule has 1 aromatic rings. The lowest BCUT2D eigenvalue weighted by molar-refractivity contribution is -0.548. The van der Waals surface area contributed by atoms with Gasteiger partial charge in [-0.3, -0.25) is 4.58 Å². The van der Waals surface area contributed by atoms with Crippen molar-refractivity contribution in [3.05, 3.63) is 36.5 Å². The van der Waals surface area contributed by atoms with Crippen molar-refractivity contribution in [3.8, 4) is 0 Å². The molecule has 1 N–H and O–H groups in total. The predicted octanol–water partition coefficient (Wildman–Crippen LogP) is 2.81. The van der Waals surface area contributed by atoms with Gasteiger partial charge < -0.3 is 9.64 Å². The zero-order chi connectivity index (χ0) is 16.9. The fourth-order valence-corrected chi connectivity index (χ4v) is 3.80. The summed E-state index contributed by atoms with van der Waals surface area (Å²) in [7, 11) is 0. The van der Waals surface area contributed by atoms with E-state index >= 15 is 0 Å². The fraction of sp³-hybridized carbons (Fsp3) is 0.444. The summed E-state index contributed by atoms with van der Waals surface area (Å²) in [6, 6.07) is 8.41. The zero-order valence-electron chi connectivity index (χ0n) is 14.4. The maximum absolute atomic E-state index is 5.41. The van der Waals surface area contributed by atoms with E-state index in [1.165, 1.54) is 5.69 Å². The lowest BCUT2D eigenvalue weighted by Gasteiger charge is -2.20. The highest BCUT2D eigenvalue weighted by atomic mass is 32.2. The zero-order valence-corrected chi connectivity index (χ0v) is 15.2. The minimum Gasteiger partial charge on any atom is -0.373 e. The second-order valence-electron chi connectivity index (χ2n) is 5.72. The van der Waals surface area contributed by atoms with E-state index in [1.54, 1.807) is 11.8 Å². The summed E-state index contributed by atoms with van der Waals surface area (Å²) in [5.74, 6) is 0. The molecule has 0 aliphatic carbocycles. The molecule has 128 valence electrons. The number of thioether (sulfide) groups is 1. The molecule has 0 spiro atoms. The number of amidine groups is 1. The largest absolute Gasteiger partial charge is 0.373 e. The summed E-state index contributed by atoms with van der Waals surface area (Å²) in [6.07, 6.45) is 0. The van der Waals surface area contributed by atoms with Crippen LogP contribution in [0.4, 0.5) is 11.4 Å². The van der Waals surface area contributed by atoms with Crippen molar-refractivity contribution in [1.29, 1.82) is 0 Å². The second-order valence-corrected chi connectivity index (χ2v) is 6.69. The highest BCUT2D eigenvalue weighted by Gasteiger charge is 2.30. The Kier molecular flexibility index (Phi) is 5.58. The van der Waals surface area contributed by atoms with E-state index in [4.69, 9.17) is 9.73 Å². The van der Waals surface area contributed by atoms with E-state index in [2.05, 4.69) is 59.5 Å². The molecule has 0 bridgehead atoms. The Labute approximate surface area is 148 Å². The van der Waals surface area contributed by atoms with E-state index in [-0.39, 0.29) is 0 Å². The molecule has 5 nitrogen and oxygen atoms in total. The van der Waals surface area contributed by atoms with Gasteiger partial charge in [-0.2, -0.15) is 0 Å². The van der Waals surface area contributed by atoms with Gasteiger partial charge in [0.25, 0.3) is 0 Å². The van der Waals surface area contributed by atoms with Crippen LogP contribution in [0.2, 0.25) is 0 Å². The molecule has 24 heavy (non-hydrogen) atoms. The number of morpholine rings is 1. The molecular formula is C18H25N4OS+. The summed E-state index contributed by atoms with van der Waals surface area (Å²) >= 11 is 1.66. The SMILES string of the molecule is C=C1NC(=[N+]2CCOCC2)SC1=Nc1ccc(N(CC)CC)cc1. The van der Waals surface area contributed by atoms with E-state index in [0.29, 0.717) is 0 Å². The molecular weight excluding hydrogens is 320 g/mol. The summed E-state index contributed by atoms with van der Waals surface area (Å²) in [6.45, 7) is 13.8. The maximum Gasteiger partial charge on any atom is 0.318 e. The Hall–Kier alpha value is -1.79. The maximum atomic E-state index is 5.41. The first-order valence-corrected chi connectivity index (χ1v) is 9.30. The van der Waals surface area contributed by atoms with Gasteiger partial charge in [0.15, 0.2) is 10.7 Å². The van der Waals surface area contributed by atoms with Gasteiger partial charge in [0.1, 0.15) is 13.1 Å². The number of ether oxygens (including phenoxy) is 1. The second kappa shape index (κ2) is 7.85. The smallest absolute Gasteiger partial charge is 0.318 e. The lowest BCUT2D eigenvalue weighted by Crippen LogP contribution is -2.35. The van der Waals surface area contributed by atoms with Crippen LogP contribution >= 0.6 is 11.8 Å². The van der Waals surface area contributed by atoms with Gasteiger partial charge in [-0.1, -0.05) is 0 Å². The third-order valence-electron chi connectivity index (χ3n) is 4.22. The number of nitrogens with one attached hydrogen (secondary N) is 1. The van der Waals surface area contributed by atoms with Crippen LogP contribution in [0.1, 0.15) is 13.8 Å². The molecule has 2 saturated heterocycles. The van der Waals surface area contributed by atoms with Gasteiger partial charge in [-0.25, -0.2) is 10.3 Å². The van der Waals surface area contributed by atoms with Crippen LogP contribution in [0.5, 0.6) is 0 Å². The van der Waals surface area contributed by atoms with E-state index < -0.39 is 0 Å². The van der Waals surface area contributed by atoms with Crippen LogP contribution in [0.25, 0.3) is 0 Å². The highest BCUT2D eigenvalue weighted by molar-refractivity contribution is 8.27. The minimum atomic E-state index is 0.775. The molecule has 0 unspecified atom stereocenters. The lowest BCUT2D eigenvalue weighted by atomic mass is 10.2. The summed E-state index contributed by atoms with van der Waals surface area (Å²) in [5, 5.41) is 5.41. The average Bonchev–Trinajstić information content (AvgIpc) is 2.99. The van der Waals surface area contributed by atoms with Crippen LogP contribution in [0, 0.1) is 0 Å². The molecule has 0 saturated carbocycles. The number of aliphatic imine (C=N–C) groups is 1. The first-order valence-electron chi connectivity index (χ1n) is 8.48. The van der Waals surface area contributed by atoms with Gasteiger partial charge in [0.05, 0.1) is 18.9 Å². The van der Waals surface area contributed by atoms with Crippen molar-refractivity contribution in [1.82, 2.24) is 5.32 Å². The van der Waals surface area contributed by atoms with Crippen molar-refractivity contribution < 1.29 is 9.31 Å². The van der Waals surface area contributed by atoms with Crippen molar-refractivity contribution in [3.63, 3.8) is 0 Å². The Morgan fingerprint density at radius 2 is 1.88 bits per heavy atom. The number of nitrogens with zero attached hydrogens (tertiary/aromatic N) is 3. The topological polar surface area (TPSA) is 39.9 Å². The van der Waals surface area contributed by atoms with Crippen LogP contribution < -0.4 is 10.2 Å². The fourth-order valence-electron chi connectivity index (χ4n) is 2.81. The number of rotatable bonds is 4. The Bertz CT molecular complexity index is 654. The summed E-state index contributed by atoms with van der Waals surface area (Å²) in [5.41, 5.74) is 3.06. The van der Waals surface area contributed by atoms with Crippen molar-refractivity contribution in [2.75, 3.05) is 44.3 Å². The van der Waals surface area contributed by atoms with Gasteiger partial charge >= 0.3 is 5.17 Å². The van der Waals surface area contributed by atoms with Gasteiger partial charge in [0, 0.05) is 30.5 Å². The van der Waals surface area contributed by atoms with E-state index in [9.17, 15) is 0 Å². The molecule has 2 fully saturated rings. The molecule has 0 amide bonds. The average molecular weight is 345 g/mol. The standard InChI is InChI=1S/C18H24N4OS/c1-4-21(5-2)16-8-6-15(7-9-16)20-17-14(3)19-18(24-17)22-10-12-23-13-11-22/h6-9H,3-5,10-13H2,1-2H3/p+1. The molecule has 2 aliphatic heterocycles. The van der Waals surface area contributed by atoms with Crippen LogP contribution in [-0.2, 0) is 4.74 Å². The van der Waals surface area contributed by atoms with Crippen molar-refractivity contribution in [2.24, 2.45) is 4.99 Å². The first-order chi connectivity index (χ1) is 11.7. The number of hydrogen-bond donors (Lipinski definition) is 1. The Morgan fingerprint density at radius 1 is 1.21 bits per heavy atom. The summed E-state index contributed by atoms with van der Waals surface area (Å²) < 4.78 is 7.71. The molecule has 0 aromatic heterocycles. The van der Waals surface area contributed by atoms with Crippen molar-refractivity contribution >= 4 is 33.3 Å². The molecule has 2 heterocycles. The van der Waals surface area contributed by atoms with Gasteiger partial charge in [0.2, 0.25) is 0 Å². The molecule has 0 atom stereocenters. The number of hydrogen-bond acceptors (Lipinski definition) is 4. The number of anilines is 1. The number of benzene rings is 1. The third kappa shape index (κ3) is 3.82. The van der Waals surface area contributed by atoms with Crippen LogP contribution in [-0.4, -0.2) is 54.2 Å². The normalized spacial score (nSPS) is 19.8. The van der Waals surface area contributed by atoms with Crippen LogP contribution in [0.3, 0.4) is 0 Å². The Morgan fingerprint density at radius 3 is 2.50 bits per heavy atom. The molecule has 2 aliphatic rings. The molecule has 3 rings (SSSR count). The van der Waals surface area contributed by atoms with Crippen LogP contribution in [0.15, 0.2) is 41.5 Å². The molecule has 6 heteroatoms.